The largest absolute Gasteiger partial charge is 0.379 e. The Morgan fingerprint density at radius 3 is 2.59 bits per heavy atom. The predicted molar refractivity (Wildman–Crippen MR) is 135 cm³/mol. The van der Waals surface area contributed by atoms with E-state index >= 15 is 0 Å². The molecule has 2 heterocycles. The van der Waals surface area contributed by atoms with Crippen LogP contribution in [0.2, 0.25) is 0 Å². The summed E-state index contributed by atoms with van der Waals surface area (Å²) in [5.41, 5.74) is 2.10. The number of guanidine groups is 1. The third-order valence-corrected chi connectivity index (χ3v) is 5.60. The van der Waals surface area contributed by atoms with Crippen molar-refractivity contribution in [3.63, 3.8) is 0 Å². The number of benzene rings is 1. The first-order chi connectivity index (χ1) is 15.0. The van der Waals surface area contributed by atoms with Gasteiger partial charge in [-0.1, -0.05) is 6.07 Å². The van der Waals surface area contributed by atoms with Crippen molar-refractivity contribution in [3.8, 4) is 0 Å². The van der Waals surface area contributed by atoms with Gasteiger partial charge in [0, 0.05) is 33.2 Å². The maximum atomic E-state index is 13.3. The standard InChI is InChI=1S/C22H34FN7O.HI/c1-17-15-20(23)6-5-19(17)7-9-25-22(26-16-21-28-27-18(2)29(21)3)24-8-4-10-30-11-13-31-14-12-30;/h5-6,15H,4,7-14,16H2,1-3H3,(H2,24,25,26);1H. The zero-order valence-electron chi connectivity index (χ0n) is 19.2. The van der Waals surface area contributed by atoms with E-state index in [4.69, 9.17) is 9.73 Å². The van der Waals surface area contributed by atoms with E-state index < -0.39 is 0 Å². The fraction of sp³-hybridized carbons (Fsp3) is 0.591. The zero-order valence-corrected chi connectivity index (χ0v) is 21.6. The minimum Gasteiger partial charge on any atom is -0.379 e. The first kappa shape index (κ1) is 26.5. The van der Waals surface area contributed by atoms with E-state index in [0.29, 0.717) is 13.1 Å². The molecular formula is C22H35FIN7O. The predicted octanol–water partition coefficient (Wildman–Crippen LogP) is 2.19. The third-order valence-electron chi connectivity index (χ3n) is 5.60. The molecule has 0 unspecified atom stereocenters. The summed E-state index contributed by atoms with van der Waals surface area (Å²) >= 11 is 0. The number of hydrogen-bond acceptors (Lipinski definition) is 5. The van der Waals surface area contributed by atoms with Crippen LogP contribution >= 0.6 is 24.0 Å². The summed E-state index contributed by atoms with van der Waals surface area (Å²) in [6, 6.07) is 4.93. The van der Waals surface area contributed by atoms with Gasteiger partial charge in [-0.3, -0.25) is 4.90 Å². The van der Waals surface area contributed by atoms with Gasteiger partial charge in [0.05, 0.1) is 13.2 Å². The highest BCUT2D eigenvalue weighted by Crippen LogP contribution is 2.10. The second-order valence-electron chi connectivity index (χ2n) is 7.87. The summed E-state index contributed by atoms with van der Waals surface area (Å²) in [5, 5.41) is 15.1. The number of morpholine rings is 1. The van der Waals surface area contributed by atoms with Crippen LogP contribution in [0.1, 0.15) is 29.2 Å². The van der Waals surface area contributed by atoms with Gasteiger partial charge in [0.1, 0.15) is 18.2 Å². The van der Waals surface area contributed by atoms with Crippen LogP contribution in [0.25, 0.3) is 0 Å². The first-order valence-electron chi connectivity index (χ1n) is 10.9. The van der Waals surface area contributed by atoms with Crippen LogP contribution in [-0.2, 0) is 24.8 Å². The lowest BCUT2D eigenvalue weighted by molar-refractivity contribution is 0.0376. The summed E-state index contributed by atoms with van der Waals surface area (Å²) in [6.45, 7) is 10.5. The second-order valence-corrected chi connectivity index (χ2v) is 7.87. The molecule has 2 N–H and O–H groups in total. The number of nitrogens with zero attached hydrogens (tertiary/aromatic N) is 5. The molecule has 8 nitrogen and oxygen atoms in total. The average Bonchev–Trinajstić information content (AvgIpc) is 3.09. The number of aromatic nitrogens is 3. The van der Waals surface area contributed by atoms with Crippen LogP contribution in [0.3, 0.4) is 0 Å². The van der Waals surface area contributed by atoms with Gasteiger partial charge in [0.2, 0.25) is 0 Å². The minimum absolute atomic E-state index is 0. The highest BCUT2D eigenvalue weighted by molar-refractivity contribution is 14.0. The molecule has 1 aromatic heterocycles. The van der Waals surface area contributed by atoms with Crippen molar-refractivity contribution in [2.75, 3.05) is 45.9 Å². The highest BCUT2D eigenvalue weighted by atomic mass is 127. The second kappa shape index (κ2) is 13.7. The fourth-order valence-electron chi connectivity index (χ4n) is 3.50. The van der Waals surface area contributed by atoms with Gasteiger partial charge in [-0.2, -0.15) is 0 Å². The van der Waals surface area contributed by atoms with Crippen LogP contribution in [-0.4, -0.2) is 71.6 Å². The monoisotopic (exact) mass is 559 g/mol. The van der Waals surface area contributed by atoms with Gasteiger partial charge in [-0.25, -0.2) is 9.38 Å². The van der Waals surface area contributed by atoms with Gasteiger partial charge in [-0.15, -0.1) is 34.2 Å². The van der Waals surface area contributed by atoms with Gasteiger partial charge in [-0.05, 0) is 56.5 Å². The number of nitrogens with one attached hydrogen (secondary N) is 2. The molecule has 1 aliphatic rings. The van der Waals surface area contributed by atoms with E-state index in [2.05, 4.69) is 25.7 Å². The van der Waals surface area contributed by atoms with Crippen molar-refractivity contribution < 1.29 is 9.13 Å². The van der Waals surface area contributed by atoms with Crippen molar-refractivity contribution in [2.24, 2.45) is 12.0 Å². The summed E-state index contributed by atoms with van der Waals surface area (Å²) in [6.07, 6.45) is 1.82. The molecule has 1 fully saturated rings. The molecule has 0 aliphatic carbocycles. The molecule has 10 heteroatoms. The lowest BCUT2D eigenvalue weighted by atomic mass is 10.1. The molecule has 32 heavy (non-hydrogen) atoms. The maximum absolute atomic E-state index is 13.3. The van der Waals surface area contributed by atoms with Crippen molar-refractivity contribution in [1.82, 2.24) is 30.3 Å². The molecule has 0 amide bonds. The lowest BCUT2D eigenvalue weighted by Gasteiger charge is -2.26. The van der Waals surface area contributed by atoms with Crippen LogP contribution in [0.4, 0.5) is 4.39 Å². The van der Waals surface area contributed by atoms with Gasteiger partial charge < -0.3 is 19.9 Å². The molecule has 1 aliphatic heterocycles. The number of hydrogen-bond donors (Lipinski definition) is 2. The zero-order chi connectivity index (χ0) is 22.1. The summed E-state index contributed by atoms with van der Waals surface area (Å²) in [4.78, 5) is 7.12. The molecule has 0 atom stereocenters. The Morgan fingerprint density at radius 2 is 1.91 bits per heavy atom. The molecule has 0 radical (unpaired) electrons. The van der Waals surface area contributed by atoms with Gasteiger partial charge in [0.25, 0.3) is 0 Å². The number of ether oxygens (including phenoxy) is 1. The van der Waals surface area contributed by atoms with Crippen LogP contribution in [0, 0.1) is 19.7 Å². The summed E-state index contributed by atoms with van der Waals surface area (Å²) < 4.78 is 20.7. The van der Waals surface area contributed by atoms with Crippen LogP contribution in [0.15, 0.2) is 23.2 Å². The highest BCUT2D eigenvalue weighted by Gasteiger charge is 2.10. The molecular weight excluding hydrogens is 524 g/mol. The molecule has 0 saturated carbocycles. The van der Waals surface area contributed by atoms with Crippen molar-refractivity contribution in [3.05, 3.63) is 46.8 Å². The Kier molecular flexibility index (Phi) is 11.3. The van der Waals surface area contributed by atoms with E-state index in [9.17, 15) is 4.39 Å². The number of halogens is 2. The SMILES string of the molecule is Cc1cc(F)ccc1CCNC(=NCc1nnc(C)n1C)NCCCN1CCOCC1.I. The molecule has 0 bridgehead atoms. The number of aryl methyl sites for hydroxylation is 2. The van der Waals surface area contributed by atoms with E-state index in [-0.39, 0.29) is 29.8 Å². The third kappa shape index (κ3) is 8.28. The fourth-order valence-corrected chi connectivity index (χ4v) is 3.50. The average molecular weight is 559 g/mol. The maximum Gasteiger partial charge on any atom is 0.191 e. The summed E-state index contributed by atoms with van der Waals surface area (Å²) in [5.74, 6) is 2.24. The molecule has 3 rings (SSSR count). The summed E-state index contributed by atoms with van der Waals surface area (Å²) in [7, 11) is 1.94. The Hall–Kier alpha value is -1.79. The Bertz CT molecular complexity index is 868. The van der Waals surface area contributed by atoms with Crippen LogP contribution < -0.4 is 10.6 Å². The Balaban J connectivity index is 0.00000363. The quantitative estimate of drug-likeness (QED) is 0.212. The van der Waals surface area contributed by atoms with Crippen molar-refractivity contribution in [1.29, 1.82) is 0 Å². The van der Waals surface area contributed by atoms with E-state index in [1.807, 2.05) is 31.5 Å². The van der Waals surface area contributed by atoms with Gasteiger partial charge in [0.15, 0.2) is 11.8 Å². The Morgan fingerprint density at radius 1 is 1.16 bits per heavy atom. The van der Waals surface area contributed by atoms with Crippen molar-refractivity contribution >= 4 is 29.9 Å². The normalized spacial score (nSPS) is 14.8. The topological polar surface area (TPSA) is 79.6 Å². The molecule has 0 spiro atoms. The number of aliphatic imine (C=N–C) groups is 1. The molecule has 178 valence electrons. The van der Waals surface area contributed by atoms with E-state index in [0.717, 1.165) is 81.0 Å². The van der Waals surface area contributed by atoms with E-state index in [1.54, 1.807) is 6.07 Å². The Labute approximate surface area is 207 Å². The lowest BCUT2D eigenvalue weighted by Crippen LogP contribution is -2.41. The molecule has 2 aromatic rings. The first-order valence-corrected chi connectivity index (χ1v) is 10.9. The molecule has 1 aromatic carbocycles. The molecule has 1 saturated heterocycles. The minimum atomic E-state index is -0.197. The van der Waals surface area contributed by atoms with Gasteiger partial charge >= 0.3 is 0 Å². The van der Waals surface area contributed by atoms with Crippen LogP contribution in [0.5, 0.6) is 0 Å². The van der Waals surface area contributed by atoms with E-state index in [1.165, 1.54) is 6.07 Å². The van der Waals surface area contributed by atoms with Crippen molar-refractivity contribution in [2.45, 2.75) is 33.2 Å². The smallest absolute Gasteiger partial charge is 0.191 e. The number of rotatable bonds is 9.